The molecule has 1 heterocycles. The smallest absolute Gasteiger partial charge is 0.308 e. The minimum Gasteiger partial charge on any atom is -0.481 e. The number of carboxylic acids is 1. The summed E-state index contributed by atoms with van der Waals surface area (Å²) in [7, 11) is 0. The fourth-order valence-electron chi connectivity index (χ4n) is 2.87. The molecule has 1 saturated carbocycles. The van der Waals surface area contributed by atoms with Crippen LogP contribution in [0.2, 0.25) is 0 Å². The summed E-state index contributed by atoms with van der Waals surface area (Å²) in [6.07, 6.45) is 4.87. The van der Waals surface area contributed by atoms with Crippen LogP contribution in [0.5, 0.6) is 0 Å². The Morgan fingerprint density at radius 1 is 1.23 bits per heavy atom. The van der Waals surface area contributed by atoms with Gasteiger partial charge in [-0.1, -0.05) is 12.8 Å². The first-order valence-electron chi connectivity index (χ1n) is 5.22. The van der Waals surface area contributed by atoms with E-state index in [9.17, 15) is 4.79 Å². The summed E-state index contributed by atoms with van der Waals surface area (Å²) in [4.78, 5) is 11.0. The molecule has 13 heavy (non-hydrogen) atoms. The van der Waals surface area contributed by atoms with Crippen LogP contribution >= 0.6 is 0 Å². The molecular formula is C10H17NO2. The summed E-state index contributed by atoms with van der Waals surface area (Å²) in [5, 5.41) is 12.3. The average Bonchev–Trinajstić information content (AvgIpc) is 2.17. The highest BCUT2D eigenvalue weighted by molar-refractivity contribution is 5.70. The topological polar surface area (TPSA) is 49.3 Å². The standard InChI is InChI=1S/C10H17NO2/c12-10(13)9-6-11-5-7-3-1-2-4-8(7)9/h7-9,11H,1-6H2,(H,12,13)/t7-,8-,9+/m1/s1. The summed E-state index contributed by atoms with van der Waals surface area (Å²) in [5.41, 5.74) is 0. The predicted molar refractivity (Wildman–Crippen MR) is 49.4 cm³/mol. The highest BCUT2D eigenvalue weighted by atomic mass is 16.4. The van der Waals surface area contributed by atoms with E-state index in [2.05, 4.69) is 5.32 Å². The zero-order chi connectivity index (χ0) is 9.26. The summed E-state index contributed by atoms with van der Waals surface area (Å²) in [6.45, 7) is 1.71. The Hall–Kier alpha value is -0.570. The van der Waals surface area contributed by atoms with Crippen LogP contribution in [0.3, 0.4) is 0 Å². The zero-order valence-corrected chi connectivity index (χ0v) is 7.83. The third-order valence-corrected chi connectivity index (χ3v) is 3.57. The van der Waals surface area contributed by atoms with Gasteiger partial charge >= 0.3 is 5.97 Å². The first-order chi connectivity index (χ1) is 6.29. The SMILES string of the molecule is O=C(O)[C@H]1CNC[C@H]2CCCC[C@H]21. The van der Waals surface area contributed by atoms with Gasteiger partial charge < -0.3 is 10.4 Å². The van der Waals surface area contributed by atoms with Gasteiger partial charge in [0.2, 0.25) is 0 Å². The molecule has 1 saturated heterocycles. The van der Waals surface area contributed by atoms with E-state index in [0.29, 0.717) is 18.4 Å². The highest BCUT2D eigenvalue weighted by Crippen LogP contribution is 2.36. The maximum absolute atomic E-state index is 11.0. The van der Waals surface area contributed by atoms with E-state index in [1.54, 1.807) is 0 Å². The Bertz CT molecular complexity index is 203. The minimum absolute atomic E-state index is 0.126. The van der Waals surface area contributed by atoms with Gasteiger partial charge in [-0.25, -0.2) is 0 Å². The lowest BCUT2D eigenvalue weighted by Gasteiger charge is -2.39. The fourth-order valence-corrected chi connectivity index (χ4v) is 2.87. The van der Waals surface area contributed by atoms with Gasteiger partial charge in [-0.15, -0.1) is 0 Å². The van der Waals surface area contributed by atoms with Crippen LogP contribution in [0, 0.1) is 17.8 Å². The van der Waals surface area contributed by atoms with Crippen molar-refractivity contribution in [2.75, 3.05) is 13.1 Å². The zero-order valence-electron chi connectivity index (χ0n) is 7.83. The normalized spacial score (nSPS) is 39.5. The fraction of sp³-hybridized carbons (Fsp3) is 0.900. The van der Waals surface area contributed by atoms with E-state index in [-0.39, 0.29) is 5.92 Å². The van der Waals surface area contributed by atoms with Crippen LogP contribution in [-0.2, 0) is 4.79 Å². The summed E-state index contributed by atoms with van der Waals surface area (Å²) < 4.78 is 0. The van der Waals surface area contributed by atoms with Gasteiger partial charge in [0, 0.05) is 6.54 Å². The first kappa shape index (κ1) is 9.00. The number of rotatable bonds is 1. The minimum atomic E-state index is -0.607. The van der Waals surface area contributed by atoms with Gasteiger partial charge in [-0.05, 0) is 31.2 Å². The molecule has 3 nitrogen and oxygen atoms in total. The van der Waals surface area contributed by atoms with Crippen molar-refractivity contribution in [2.24, 2.45) is 17.8 Å². The van der Waals surface area contributed by atoms with Gasteiger partial charge in [0.05, 0.1) is 5.92 Å². The number of fused-ring (bicyclic) bond motifs is 1. The Kier molecular flexibility index (Phi) is 2.54. The Labute approximate surface area is 78.5 Å². The molecule has 2 N–H and O–H groups in total. The molecule has 0 aromatic carbocycles. The maximum atomic E-state index is 11.0. The van der Waals surface area contributed by atoms with Crippen molar-refractivity contribution in [1.29, 1.82) is 0 Å². The van der Waals surface area contributed by atoms with E-state index in [0.717, 1.165) is 13.0 Å². The Morgan fingerprint density at radius 2 is 2.00 bits per heavy atom. The molecule has 0 amide bonds. The highest BCUT2D eigenvalue weighted by Gasteiger charge is 2.38. The van der Waals surface area contributed by atoms with Crippen molar-refractivity contribution < 1.29 is 9.90 Å². The number of nitrogens with one attached hydrogen (secondary N) is 1. The maximum Gasteiger partial charge on any atom is 0.308 e. The largest absolute Gasteiger partial charge is 0.481 e. The molecule has 3 atom stereocenters. The van der Waals surface area contributed by atoms with Gasteiger partial charge in [0.25, 0.3) is 0 Å². The quantitative estimate of drug-likeness (QED) is 0.640. The van der Waals surface area contributed by atoms with Gasteiger partial charge in [0.1, 0.15) is 0 Å². The molecule has 3 heteroatoms. The second-order valence-electron chi connectivity index (χ2n) is 4.31. The molecule has 2 fully saturated rings. The van der Waals surface area contributed by atoms with Gasteiger partial charge in [-0.2, -0.15) is 0 Å². The van der Waals surface area contributed by atoms with Crippen molar-refractivity contribution in [1.82, 2.24) is 5.32 Å². The molecule has 0 unspecified atom stereocenters. The summed E-state index contributed by atoms with van der Waals surface area (Å²) in [5.74, 6) is 0.347. The van der Waals surface area contributed by atoms with Crippen molar-refractivity contribution >= 4 is 5.97 Å². The lowest BCUT2D eigenvalue weighted by Crippen LogP contribution is -2.47. The van der Waals surface area contributed by atoms with Gasteiger partial charge in [-0.3, -0.25) is 4.79 Å². The van der Waals surface area contributed by atoms with Crippen molar-refractivity contribution in [3.63, 3.8) is 0 Å². The lowest BCUT2D eigenvalue weighted by molar-refractivity contribution is -0.146. The van der Waals surface area contributed by atoms with Gasteiger partial charge in [0.15, 0.2) is 0 Å². The first-order valence-corrected chi connectivity index (χ1v) is 5.22. The summed E-state index contributed by atoms with van der Waals surface area (Å²) in [6, 6.07) is 0. The second kappa shape index (κ2) is 3.66. The molecule has 74 valence electrons. The number of piperidine rings is 1. The molecule has 0 aromatic heterocycles. The van der Waals surface area contributed by atoms with E-state index in [1.807, 2.05) is 0 Å². The number of aliphatic carboxylic acids is 1. The molecule has 0 spiro atoms. The molecule has 1 aliphatic heterocycles. The van der Waals surface area contributed by atoms with Crippen molar-refractivity contribution in [3.05, 3.63) is 0 Å². The molecule has 2 rings (SSSR count). The molecule has 0 bridgehead atoms. The van der Waals surface area contributed by atoms with E-state index in [1.165, 1.54) is 19.3 Å². The number of hydrogen-bond donors (Lipinski definition) is 2. The van der Waals surface area contributed by atoms with Crippen LogP contribution < -0.4 is 5.32 Å². The van der Waals surface area contributed by atoms with Crippen LogP contribution in [0.15, 0.2) is 0 Å². The Balaban J connectivity index is 2.06. The predicted octanol–water partition coefficient (Wildman–Crippen LogP) is 1.10. The Morgan fingerprint density at radius 3 is 2.77 bits per heavy atom. The van der Waals surface area contributed by atoms with Crippen LogP contribution in [0.1, 0.15) is 25.7 Å². The number of carbonyl (C=O) groups is 1. The lowest BCUT2D eigenvalue weighted by atomic mass is 9.70. The number of carboxylic acid groups (broad SMARTS) is 1. The second-order valence-corrected chi connectivity index (χ2v) is 4.31. The van der Waals surface area contributed by atoms with E-state index >= 15 is 0 Å². The third-order valence-electron chi connectivity index (χ3n) is 3.57. The van der Waals surface area contributed by atoms with Crippen LogP contribution in [-0.4, -0.2) is 24.2 Å². The summed E-state index contributed by atoms with van der Waals surface area (Å²) >= 11 is 0. The van der Waals surface area contributed by atoms with Crippen molar-refractivity contribution in [2.45, 2.75) is 25.7 Å². The molecule has 2 aliphatic rings. The van der Waals surface area contributed by atoms with Crippen LogP contribution in [0.25, 0.3) is 0 Å². The molecule has 0 radical (unpaired) electrons. The number of hydrogen-bond acceptors (Lipinski definition) is 2. The molecule has 0 aromatic rings. The van der Waals surface area contributed by atoms with Crippen molar-refractivity contribution in [3.8, 4) is 0 Å². The average molecular weight is 183 g/mol. The van der Waals surface area contributed by atoms with E-state index in [4.69, 9.17) is 5.11 Å². The van der Waals surface area contributed by atoms with Crippen LogP contribution in [0.4, 0.5) is 0 Å². The molecular weight excluding hydrogens is 166 g/mol. The monoisotopic (exact) mass is 183 g/mol. The van der Waals surface area contributed by atoms with E-state index < -0.39 is 5.97 Å². The third kappa shape index (κ3) is 1.70. The molecule has 1 aliphatic carbocycles.